The summed E-state index contributed by atoms with van der Waals surface area (Å²) >= 11 is 5.89. The van der Waals surface area contributed by atoms with Gasteiger partial charge in [0.2, 0.25) is 5.78 Å². The minimum atomic E-state index is -0.523. The van der Waals surface area contributed by atoms with E-state index in [1.165, 1.54) is 36.2 Å². The number of methoxy groups -OCH3 is 1. The zero-order valence-electron chi connectivity index (χ0n) is 9.78. The van der Waals surface area contributed by atoms with Gasteiger partial charge in [0.15, 0.2) is 11.6 Å². The number of halogens is 2. The van der Waals surface area contributed by atoms with Gasteiger partial charge in [-0.25, -0.2) is 4.39 Å². The van der Waals surface area contributed by atoms with Crippen LogP contribution in [0.25, 0.3) is 0 Å². The molecule has 0 aliphatic carbocycles. The molecular weight excluding hydrogens is 259 g/mol. The van der Waals surface area contributed by atoms with Crippen LogP contribution in [0.3, 0.4) is 0 Å². The van der Waals surface area contributed by atoms with E-state index >= 15 is 0 Å². The summed E-state index contributed by atoms with van der Waals surface area (Å²) in [4.78, 5) is 12.2. The molecule has 0 aliphatic heterocycles. The first-order valence-corrected chi connectivity index (χ1v) is 5.48. The quantitative estimate of drug-likeness (QED) is 0.803. The molecule has 0 amide bonds. The highest BCUT2D eigenvalue weighted by atomic mass is 35.5. The van der Waals surface area contributed by atoms with Gasteiger partial charge in [0.25, 0.3) is 0 Å². The summed E-state index contributed by atoms with van der Waals surface area (Å²) in [6.07, 6.45) is 1.38. The van der Waals surface area contributed by atoms with Gasteiger partial charge in [-0.15, -0.1) is 0 Å². The number of nitrogens with zero attached hydrogens (tertiary/aromatic N) is 2. The molecule has 4 nitrogen and oxygen atoms in total. The summed E-state index contributed by atoms with van der Waals surface area (Å²) in [5.41, 5.74) is 0.545. The highest BCUT2D eigenvalue weighted by Gasteiger charge is 2.18. The third kappa shape index (κ3) is 2.09. The molecule has 0 spiro atoms. The van der Waals surface area contributed by atoms with Gasteiger partial charge >= 0.3 is 0 Å². The van der Waals surface area contributed by atoms with Gasteiger partial charge in [0.1, 0.15) is 5.69 Å². The standard InChI is InChI=1S/C12H10ClFN2O2/c1-16-11(8(13)6-15-16)12(17)7-3-4-9(14)10(5-7)18-2/h3-6H,1-2H3. The van der Waals surface area contributed by atoms with Gasteiger partial charge in [-0.2, -0.15) is 5.10 Å². The van der Waals surface area contributed by atoms with Crippen LogP contribution in [0, 0.1) is 5.82 Å². The van der Waals surface area contributed by atoms with E-state index in [4.69, 9.17) is 16.3 Å². The first kappa shape index (κ1) is 12.6. The number of aromatic nitrogens is 2. The number of ketones is 1. The Morgan fingerprint density at radius 2 is 2.22 bits per heavy atom. The molecule has 2 rings (SSSR count). The molecular formula is C12H10ClFN2O2. The van der Waals surface area contributed by atoms with E-state index < -0.39 is 5.82 Å². The summed E-state index contributed by atoms with van der Waals surface area (Å²) in [6.45, 7) is 0. The molecule has 0 aliphatic rings. The number of hydrogen-bond donors (Lipinski definition) is 0. The van der Waals surface area contributed by atoms with Crippen LogP contribution in [0.4, 0.5) is 4.39 Å². The topological polar surface area (TPSA) is 44.1 Å². The van der Waals surface area contributed by atoms with Crippen LogP contribution in [-0.4, -0.2) is 22.7 Å². The molecule has 1 aromatic carbocycles. The lowest BCUT2D eigenvalue weighted by molar-refractivity contribution is 0.103. The van der Waals surface area contributed by atoms with E-state index in [9.17, 15) is 9.18 Å². The van der Waals surface area contributed by atoms with E-state index in [2.05, 4.69) is 5.10 Å². The van der Waals surface area contributed by atoms with Crippen LogP contribution < -0.4 is 4.74 Å². The highest BCUT2D eigenvalue weighted by Crippen LogP contribution is 2.23. The zero-order valence-corrected chi connectivity index (χ0v) is 10.5. The molecule has 0 radical (unpaired) electrons. The predicted octanol–water partition coefficient (Wildman–Crippen LogP) is 2.45. The lowest BCUT2D eigenvalue weighted by Crippen LogP contribution is -2.09. The van der Waals surface area contributed by atoms with Crippen molar-refractivity contribution in [3.8, 4) is 5.75 Å². The van der Waals surface area contributed by atoms with Crippen LogP contribution in [-0.2, 0) is 7.05 Å². The fraction of sp³-hybridized carbons (Fsp3) is 0.167. The molecule has 1 aromatic heterocycles. The summed E-state index contributed by atoms with van der Waals surface area (Å²) in [7, 11) is 2.95. The highest BCUT2D eigenvalue weighted by molar-refractivity contribution is 6.34. The smallest absolute Gasteiger partial charge is 0.212 e. The molecule has 0 bridgehead atoms. The second-order valence-corrected chi connectivity index (χ2v) is 4.05. The van der Waals surface area contributed by atoms with E-state index in [0.29, 0.717) is 5.56 Å². The van der Waals surface area contributed by atoms with Gasteiger partial charge in [-0.1, -0.05) is 11.6 Å². The van der Waals surface area contributed by atoms with Crippen molar-refractivity contribution in [2.75, 3.05) is 7.11 Å². The Kier molecular flexibility index (Phi) is 3.34. The average molecular weight is 269 g/mol. The van der Waals surface area contributed by atoms with Crippen molar-refractivity contribution in [1.29, 1.82) is 0 Å². The number of ether oxygens (including phenoxy) is 1. The Bertz CT molecular complexity index is 591. The first-order valence-electron chi connectivity index (χ1n) is 5.10. The maximum atomic E-state index is 13.3. The summed E-state index contributed by atoms with van der Waals surface area (Å²) < 4.78 is 19.5. The second-order valence-electron chi connectivity index (χ2n) is 3.64. The van der Waals surface area contributed by atoms with Gasteiger partial charge < -0.3 is 4.74 Å². The van der Waals surface area contributed by atoms with E-state index in [0.717, 1.165) is 0 Å². The number of rotatable bonds is 3. The van der Waals surface area contributed by atoms with Crippen LogP contribution in [0.1, 0.15) is 16.1 Å². The summed E-state index contributed by atoms with van der Waals surface area (Å²) in [5.74, 6) is -0.845. The lowest BCUT2D eigenvalue weighted by atomic mass is 10.1. The molecule has 0 saturated heterocycles. The fourth-order valence-corrected chi connectivity index (χ4v) is 1.86. The van der Waals surface area contributed by atoms with E-state index in [-0.39, 0.29) is 22.2 Å². The number of hydrogen-bond acceptors (Lipinski definition) is 3. The largest absolute Gasteiger partial charge is 0.494 e. The molecule has 1 heterocycles. The van der Waals surface area contributed by atoms with Crippen LogP contribution in [0.2, 0.25) is 5.02 Å². The molecule has 94 valence electrons. The maximum absolute atomic E-state index is 13.3. The van der Waals surface area contributed by atoms with Crippen molar-refractivity contribution in [2.45, 2.75) is 0 Å². The third-order valence-electron chi connectivity index (χ3n) is 2.52. The number of benzene rings is 1. The minimum absolute atomic E-state index is 0.0131. The molecule has 0 saturated carbocycles. The normalized spacial score (nSPS) is 10.4. The molecule has 0 atom stereocenters. The van der Waals surface area contributed by atoms with Crippen molar-refractivity contribution in [3.63, 3.8) is 0 Å². The fourth-order valence-electron chi connectivity index (χ4n) is 1.60. The third-order valence-corrected chi connectivity index (χ3v) is 2.80. The maximum Gasteiger partial charge on any atom is 0.212 e. The first-order chi connectivity index (χ1) is 8.54. The number of carbonyl (C=O) groups excluding carboxylic acids is 1. The van der Waals surface area contributed by atoms with Gasteiger partial charge in [0, 0.05) is 12.6 Å². The van der Waals surface area contributed by atoms with Crippen LogP contribution in [0.5, 0.6) is 5.75 Å². The van der Waals surface area contributed by atoms with Crippen LogP contribution in [0.15, 0.2) is 24.4 Å². The Morgan fingerprint density at radius 1 is 1.50 bits per heavy atom. The van der Waals surface area contributed by atoms with Crippen molar-refractivity contribution in [1.82, 2.24) is 9.78 Å². The molecule has 18 heavy (non-hydrogen) atoms. The monoisotopic (exact) mass is 268 g/mol. The van der Waals surface area contributed by atoms with Crippen molar-refractivity contribution >= 4 is 17.4 Å². The molecule has 2 aromatic rings. The number of carbonyl (C=O) groups is 1. The van der Waals surface area contributed by atoms with Crippen molar-refractivity contribution in [2.24, 2.45) is 7.05 Å². The predicted molar refractivity (Wildman–Crippen MR) is 64.6 cm³/mol. The Hall–Kier alpha value is -1.88. The molecule has 0 N–H and O–H groups in total. The van der Waals surface area contributed by atoms with Gasteiger partial charge in [0.05, 0.1) is 18.3 Å². The zero-order chi connectivity index (χ0) is 13.3. The van der Waals surface area contributed by atoms with Crippen molar-refractivity contribution < 1.29 is 13.9 Å². The van der Waals surface area contributed by atoms with E-state index in [1.807, 2.05) is 0 Å². The Morgan fingerprint density at radius 3 is 2.78 bits per heavy atom. The lowest BCUT2D eigenvalue weighted by Gasteiger charge is -2.06. The number of aryl methyl sites for hydroxylation is 1. The molecule has 6 heteroatoms. The average Bonchev–Trinajstić information content (AvgIpc) is 2.69. The SMILES string of the molecule is COc1cc(C(=O)c2c(Cl)cnn2C)ccc1F. The Balaban J connectivity index is 2.47. The summed E-state index contributed by atoms with van der Waals surface area (Å²) in [6, 6.07) is 3.89. The van der Waals surface area contributed by atoms with E-state index in [1.54, 1.807) is 7.05 Å². The Labute approximate surface area is 108 Å². The van der Waals surface area contributed by atoms with Crippen LogP contribution >= 0.6 is 11.6 Å². The second kappa shape index (κ2) is 4.78. The van der Waals surface area contributed by atoms with Crippen molar-refractivity contribution in [3.05, 3.63) is 46.5 Å². The van der Waals surface area contributed by atoms with Gasteiger partial charge in [-0.3, -0.25) is 9.48 Å². The molecule has 0 unspecified atom stereocenters. The summed E-state index contributed by atoms with van der Waals surface area (Å²) in [5, 5.41) is 4.14. The van der Waals surface area contributed by atoms with Gasteiger partial charge in [-0.05, 0) is 18.2 Å². The minimum Gasteiger partial charge on any atom is -0.494 e. The molecule has 0 fully saturated rings.